The summed E-state index contributed by atoms with van der Waals surface area (Å²) in [5, 5.41) is 0. The van der Waals surface area contributed by atoms with E-state index in [9.17, 15) is 13.6 Å². The first-order valence-electron chi connectivity index (χ1n) is 7.00. The minimum atomic E-state index is -0.608. The molecule has 2 N–H and O–H groups in total. The fourth-order valence-electron chi connectivity index (χ4n) is 2.13. The van der Waals surface area contributed by atoms with Gasteiger partial charge >= 0.3 is 0 Å². The molecule has 0 radical (unpaired) electrons. The zero-order valence-electron chi connectivity index (χ0n) is 11.6. The number of rotatable bonds is 6. The van der Waals surface area contributed by atoms with Crippen LogP contribution < -0.4 is 5.73 Å². The van der Waals surface area contributed by atoms with Crippen LogP contribution in [0.2, 0.25) is 0 Å². The largest absolute Gasteiger partial charge is 0.335 e. The molecule has 1 fully saturated rings. The number of hydrogen-bond donors (Lipinski definition) is 1. The monoisotopic (exact) mass is 282 g/mol. The van der Waals surface area contributed by atoms with Crippen molar-refractivity contribution in [3.05, 3.63) is 35.4 Å². The Bertz CT molecular complexity index is 489. The Morgan fingerprint density at radius 1 is 1.45 bits per heavy atom. The van der Waals surface area contributed by atoms with Gasteiger partial charge in [-0.1, -0.05) is 13.0 Å². The summed E-state index contributed by atoms with van der Waals surface area (Å²) in [4.78, 5) is 13.9. The molecule has 110 valence electrons. The number of carbonyl (C=O) groups is 1. The number of hydrogen-bond acceptors (Lipinski definition) is 2. The number of nitrogens with zero attached hydrogens (tertiary/aromatic N) is 1. The van der Waals surface area contributed by atoms with Gasteiger partial charge in [0.15, 0.2) is 0 Å². The van der Waals surface area contributed by atoms with Crippen LogP contribution in [0.15, 0.2) is 18.2 Å². The molecule has 1 saturated carbocycles. The highest BCUT2D eigenvalue weighted by molar-refractivity contribution is 5.77. The third kappa shape index (κ3) is 3.76. The summed E-state index contributed by atoms with van der Waals surface area (Å²) in [5.41, 5.74) is 6.15. The molecule has 1 aliphatic rings. The smallest absolute Gasteiger partial charge is 0.224 e. The van der Waals surface area contributed by atoms with Crippen molar-refractivity contribution in [3.63, 3.8) is 0 Å². The molecular weight excluding hydrogens is 262 g/mol. The Kier molecular flexibility index (Phi) is 4.70. The van der Waals surface area contributed by atoms with E-state index in [1.807, 2.05) is 6.92 Å². The van der Waals surface area contributed by atoms with E-state index in [4.69, 9.17) is 5.73 Å². The highest BCUT2D eigenvalue weighted by Gasteiger charge is 2.33. The Balaban J connectivity index is 2.07. The van der Waals surface area contributed by atoms with Gasteiger partial charge in [-0.15, -0.1) is 0 Å². The maximum Gasteiger partial charge on any atom is 0.224 e. The van der Waals surface area contributed by atoms with Crippen LogP contribution in [0, 0.1) is 11.6 Å². The quantitative estimate of drug-likeness (QED) is 0.871. The Morgan fingerprint density at radius 3 is 2.70 bits per heavy atom. The molecule has 1 amide bonds. The van der Waals surface area contributed by atoms with E-state index in [1.54, 1.807) is 4.90 Å². The Labute approximate surface area is 117 Å². The molecule has 1 aliphatic carbocycles. The highest BCUT2D eigenvalue weighted by atomic mass is 19.1. The van der Waals surface area contributed by atoms with Gasteiger partial charge in [0.25, 0.3) is 0 Å². The van der Waals surface area contributed by atoms with Crippen molar-refractivity contribution < 1.29 is 13.6 Å². The van der Waals surface area contributed by atoms with Gasteiger partial charge in [0.05, 0.1) is 0 Å². The number of amides is 1. The van der Waals surface area contributed by atoms with Crippen LogP contribution in [-0.2, 0) is 11.3 Å². The molecule has 0 aromatic heterocycles. The van der Waals surface area contributed by atoms with Gasteiger partial charge in [0, 0.05) is 36.7 Å². The van der Waals surface area contributed by atoms with E-state index < -0.39 is 11.6 Å². The van der Waals surface area contributed by atoms with Crippen molar-refractivity contribution in [2.45, 2.75) is 51.2 Å². The average molecular weight is 282 g/mol. The lowest BCUT2D eigenvalue weighted by molar-refractivity contribution is -0.132. The number of benzene rings is 1. The van der Waals surface area contributed by atoms with Crippen LogP contribution in [0.5, 0.6) is 0 Å². The minimum absolute atomic E-state index is 0.0504. The number of halogens is 2. The van der Waals surface area contributed by atoms with Crippen molar-refractivity contribution in [2.24, 2.45) is 5.73 Å². The molecule has 5 heteroatoms. The van der Waals surface area contributed by atoms with Crippen LogP contribution in [0.4, 0.5) is 8.78 Å². The van der Waals surface area contributed by atoms with Crippen molar-refractivity contribution in [2.75, 3.05) is 0 Å². The van der Waals surface area contributed by atoms with Gasteiger partial charge in [-0.2, -0.15) is 0 Å². The Morgan fingerprint density at radius 2 is 2.15 bits per heavy atom. The molecule has 20 heavy (non-hydrogen) atoms. The molecule has 1 atom stereocenters. The van der Waals surface area contributed by atoms with Gasteiger partial charge in [-0.3, -0.25) is 4.79 Å². The molecule has 0 heterocycles. The fraction of sp³-hybridized carbons (Fsp3) is 0.533. The SMILES string of the molecule is CCC(N)CC(=O)N(Cc1ccc(F)cc1F)C1CC1. The van der Waals surface area contributed by atoms with Crippen LogP contribution in [0.25, 0.3) is 0 Å². The lowest BCUT2D eigenvalue weighted by Crippen LogP contribution is -2.37. The second kappa shape index (κ2) is 6.31. The van der Waals surface area contributed by atoms with Crippen molar-refractivity contribution >= 4 is 5.91 Å². The molecule has 1 aromatic carbocycles. The van der Waals surface area contributed by atoms with Crippen LogP contribution in [0.1, 0.15) is 38.2 Å². The van der Waals surface area contributed by atoms with Gasteiger partial charge in [-0.25, -0.2) is 8.78 Å². The van der Waals surface area contributed by atoms with Gasteiger partial charge in [0.1, 0.15) is 11.6 Å². The first-order valence-corrected chi connectivity index (χ1v) is 7.00. The van der Waals surface area contributed by atoms with E-state index in [0.717, 1.165) is 25.3 Å². The van der Waals surface area contributed by atoms with E-state index in [2.05, 4.69) is 0 Å². The topological polar surface area (TPSA) is 46.3 Å². The second-order valence-electron chi connectivity index (χ2n) is 5.36. The predicted molar refractivity (Wildman–Crippen MR) is 72.8 cm³/mol. The molecule has 0 aliphatic heterocycles. The molecule has 0 saturated heterocycles. The summed E-state index contributed by atoms with van der Waals surface area (Å²) in [5.74, 6) is -1.27. The summed E-state index contributed by atoms with van der Waals surface area (Å²) in [6, 6.07) is 3.47. The van der Waals surface area contributed by atoms with Crippen LogP contribution in [-0.4, -0.2) is 22.9 Å². The molecule has 0 bridgehead atoms. The van der Waals surface area contributed by atoms with E-state index >= 15 is 0 Å². The van der Waals surface area contributed by atoms with E-state index in [1.165, 1.54) is 12.1 Å². The van der Waals surface area contributed by atoms with Gasteiger partial charge in [0.2, 0.25) is 5.91 Å². The van der Waals surface area contributed by atoms with E-state index in [0.29, 0.717) is 5.56 Å². The molecule has 1 unspecified atom stereocenters. The number of carbonyl (C=O) groups excluding carboxylic acids is 1. The fourth-order valence-corrected chi connectivity index (χ4v) is 2.13. The minimum Gasteiger partial charge on any atom is -0.335 e. The third-order valence-corrected chi connectivity index (χ3v) is 3.62. The van der Waals surface area contributed by atoms with Gasteiger partial charge < -0.3 is 10.6 Å². The summed E-state index contributed by atoms with van der Waals surface area (Å²) in [7, 11) is 0. The van der Waals surface area contributed by atoms with Crippen molar-refractivity contribution in [1.82, 2.24) is 4.90 Å². The summed E-state index contributed by atoms with van der Waals surface area (Å²) in [6.45, 7) is 2.12. The molecule has 3 nitrogen and oxygen atoms in total. The molecular formula is C15H20F2N2O. The van der Waals surface area contributed by atoms with Crippen molar-refractivity contribution in [1.29, 1.82) is 0 Å². The first kappa shape index (κ1) is 14.9. The Hall–Kier alpha value is -1.49. The molecule has 2 rings (SSSR count). The highest BCUT2D eigenvalue weighted by Crippen LogP contribution is 2.29. The summed E-state index contributed by atoms with van der Waals surface area (Å²) >= 11 is 0. The predicted octanol–water partition coefficient (Wildman–Crippen LogP) is 2.58. The lowest BCUT2D eigenvalue weighted by Gasteiger charge is -2.24. The lowest BCUT2D eigenvalue weighted by atomic mass is 10.1. The maximum absolute atomic E-state index is 13.7. The maximum atomic E-state index is 13.7. The number of nitrogens with two attached hydrogens (primary N) is 1. The van der Waals surface area contributed by atoms with Crippen LogP contribution >= 0.6 is 0 Å². The average Bonchev–Trinajstić information content (AvgIpc) is 3.21. The zero-order valence-corrected chi connectivity index (χ0v) is 11.6. The summed E-state index contributed by atoms with van der Waals surface area (Å²) < 4.78 is 26.6. The van der Waals surface area contributed by atoms with E-state index in [-0.39, 0.29) is 31.0 Å². The molecule has 0 spiro atoms. The summed E-state index contributed by atoms with van der Waals surface area (Å²) in [6.07, 6.45) is 2.89. The van der Waals surface area contributed by atoms with Gasteiger partial charge in [-0.05, 0) is 25.3 Å². The standard InChI is InChI=1S/C15H20F2N2O/c1-2-12(18)8-15(20)19(13-5-6-13)9-10-3-4-11(16)7-14(10)17/h3-4,7,12-13H,2,5-6,8-9,18H2,1H3. The third-order valence-electron chi connectivity index (χ3n) is 3.62. The zero-order chi connectivity index (χ0) is 14.7. The first-order chi connectivity index (χ1) is 9.51. The molecule has 1 aromatic rings. The van der Waals surface area contributed by atoms with Crippen LogP contribution in [0.3, 0.4) is 0 Å². The normalized spacial score (nSPS) is 16.0. The van der Waals surface area contributed by atoms with Crippen molar-refractivity contribution in [3.8, 4) is 0 Å². The second-order valence-corrected chi connectivity index (χ2v) is 5.36.